The van der Waals surface area contributed by atoms with Gasteiger partial charge < -0.3 is 0 Å². The molecule has 1 aliphatic carbocycles. The standard InChI is InChI=1S/C16H16N4O2S/c21-23(22,14-8-7-12-4-3-5-13(12)10-14)17-11-16-19-18-15-6-1-2-9-20(15)16/h1-2,6-10,17H,3-5,11H2. The molecule has 1 N–H and O–H groups in total. The molecule has 0 unspecified atom stereocenters. The zero-order chi connectivity index (χ0) is 15.9. The summed E-state index contributed by atoms with van der Waals surface area (Å²) in [6.45, 7) is 0.102. The van der Waals surface area contributed by atoms with Gasteiger partial charge in [-0.15, -0.1) is 10.2 Å². The molecule has 0 amide bonds. The maximum absolute atomic E-state index is 12.5. The quantitative estimate of drug-likeness (QED) is 0.791. The highest BCUT2D eigenvalue weighted by molar-refractivity contribution is 7.89. The SMILES string of the molecule is O=S(=O)(NCc1nnc2ccccn12)c1ccc2c(c1)CCC2. The Morgan fingerprint density at radius 1 is 1.09 bits per heavy atom. The Hall–Kier alpha value is -2.25. The van der Waals surface area contributed by atoms with Crippen molar-refractivity contribution in [3.8, 4) is 0 Å². The number of nitrogens with one attached hydrogen (secondary N) is 1. The first-order valence-electron chi connectivity index (χ1n) is 7.54. The maximum atomic E-state index is 12.5. The van der Waals surface area contributed by atoms with Crippen molar-refractivity contribution in [3.63, 3.8) is 0 Å². The van der Waals surface area contributed by atoms with Crippen molar-refractivity contribution in [1.29, 1.82) is 0 Å². The van der Waals surface area contributed by atoms with E-state index in [0.29, 0.717) is 16.4 Å². The highest BCUT2D eigenvalue weighted by atomic mass is 32.2. The minimum Gasteiger partial charge on any atom is -0.285 e. The van der Waals surface area contributed by atoms with Crippen molar-refractivity contribution < 1.29 is 8.42 Å². The van der Waals surface area contributed by atoms with Crippen LogP contribution in [0.15, 0.2) is 47.5 Å². The minimum absolute atomic E-state index is 0.102. The number of hydrogen-bond donors (Lipinski definition) is 1. The van der Waals surface area contributed by atoms with Crippen LogP contribution in [0.4, 0.5) is 0 Å². The molecule has 6 nitrogen and oxygen atoms in total. The smallest absolute Gasteiger partial charge is 0.240 e. The van der Waals surface area contributed by atoms with E-state index in [1.807, 2.05) is 30.5 Å². The lowest BCUT2D eigenvalue weighted by molar-refractivity contribution is 0.578. The molecule has 0 saturated heterocycles. The highest BCUT2D eigenvalue weighted by Crippen LogP contribution is 2.24. The van der Waals surface area contributed by atoms with Crippen LogP contribution in [-0.2, 0) is 29.4 Å². The zero-order valence-electron chi connectivity index (χ0n) is 12.4. The van der Waals surface area contributed by atoms with Crippen LogP contribution in [0.2, 0.25) is 0 Å². The van der Waals surface area contributed by atoms with Crippen LogP contribution in [0.1, 0.15) is 23.4 Å². The summed E-state index contributed by atoms with van der Waals surface area (Å²) < 4.78 is 29.4. The zero-order valence-corrected chi connectivity index (χ0v) is 13.3. The summed E-state index contributed by atoms with van der Waals surface area (Å²) in [7, 11) is -3.56. The van der Waals surface area contributed by atoms with Crippen molar-refractivity contribution >= 4 is 15.7 Å². The van der Waals surface area contributed by atoms with Gasteiger partial charge in [-0.2, -0.15) is 0 Å². The normalized spacial score (nSPS) is 14.3. The van der Waals surface area contributed by atoms with Crippen LogP contribution in [0, 0.1) is 0 Å². The van der Waals surface area contributed by atoms with Gasteiger partial charge in [-0.1, -0.05) is 12.1 Å². The van der Waals surface area contributed by atoms with Crippen molar-refractivity contribution in [2.45, 2.75) is 30.7 Å². The van der Waals surface area contributed by atoms with Gasteiger partial charge in [0.05, 0.1) is 11.4 Å². The summed E-state index contributed by atoms with van der Waals surface area (Å²) in [5, 5.41) is 8.05. The minimum atomic E-state index is -3.56. The Labute approximate surface area is 134 Å². The van der Waals surface area contributed by atoms with Crippen LogP contribution in [0.25, 0.3) is 5.65 Å². The Bertz CT molecular complexity index is 979. The number of aryl methyl sites for hydroxylation is 2. The van der Waals surface area contributed by atoms with Crippen LogP contribution in [0.5, 0.6) is 0 Å². The summed E-state index contributed by atoms with van der Waals surface area (Å²) in [6.07, 6.45) is 4.90. The van der Waals surface area contributed by atoms with Crippen LogP contribution in [-0.4, -0.2) is 23.0 Å². The van der Waals surface area contributed by atoms with E-state index < -0.39 is 10.0 Å². The molecule has 2 heterocycles. The molecular weight excluding hydrogens is 312 g/mol. The van der Waals surface area contributed by atoms with Crippen LogP contribution >= 0.6 is 0 Å². The molecule has 7 heteroatoms. The largest absolute Gasteiger partial charge is 0.285 e. The molecule has 0 saturated carbocycles. The second-order valence-electron chi connectivity index (χ2n) is 5.65. The molecular formula is C16H16N4O2S. The third-order valence-corrected chi connectivity index (χ3v) is 5.58. The lowest BCUT2D eigenvalue weighted by Gasteiger charge is -2.08. The fourth-order valence-electron chi connectivity index (χ4n) is 2.97. The van der Waals surface area contributed by atoms with E-state index >= 15 is 0 Å². The number of benzene rings is 1. The number of nitrogens with zero attached hydrogens (tertiary/aromatic N) is 3. The van der Waals surface area contributed by atoms with E-state index in [0.717, 1.165) is 24.8 Å². The average Bonchev–Trinajstić information content (AvgIpc) is 3.19. The molecule has 118 valence electrons. The van der Waals surface area contributed by atoms with Crippen molar-refractivity contribution in [2.24, 2.45) is 0 Å². The first-order valence-corrected chi connectivity index (χ1v) is 9.02. The lowest BCUT2D eigenvalue weighted by Crippen LogP contribution is -2.24. The predicted molar refractivity (Wildman–Crippen MR) is 85.5 cm³/mol. The molecule has 1 aliphatic rings. The van der Waals surface area contributed by atoms with Gasteiger partial charge in [0.1, 0.15) is 0 Å². The van der Waals surface area contributed by atoms with Gasteiger partial charge in [0.25, 0.3) is 0 Å². The topological polar surface area (TPSA) is 76.4 Å². The average molecular weight is 328 g/mol. The molecule has 0 spiro atoms. The monoisotopic (exact) mass is 328 g/mol. The number of fused-ring (bicyclic) bond motifs is 2. The number of pyridine rings is 1. The third-order valence-electron chi connectivity index (χ3n) is 4.18. The van der Waals surface area contributed by atoms with Gasteiger partial charge in [-0.05, 0) is 54.7 Å². The molecule has 23 heavy (non-hydrogen) atoms. The summed E-state index contributed by atoms with van der Waals surface area (Å²) in [5.74, 6) is 0.560. The fraction of sp³-hybridized carbons (Fsp3) is 0.250. The fourth-order valence-corrected chi connectivity index (χ4v) is 4.00. The van der Waals surface area contributed by atoms with Gasteiger partial charge >= 0.3 is 0 Å². The Kier molecular flexibility index (Phi) is 3.39. The predicted octanol–water partition coefficient (Wildman–Crippen LogP) is 1.70. The highest BCUT2D eigenvalue weighted by Gasteiger charge is 2.19. The number of rotatable bonds is 4. The van der Waals surface area contributed by atoms with Gasteiger partial charge in [-0.25, -0.2) is 13.1 Å². The van der Waals surface area contributed by atoms with Gasteiger partial charge in [0.15, 0.2) is 11.5 Å². The van der Waals surface area contributed by atoms with Crippen LogP contribution in [0.3, 0.4) is 0 Å². The second-order valence-corrected chi connectivity index (χ2v) is 7.42. The summed E-state index contributed by atoms with van der Waals surface area (Å²) >= 11 is 0. The Morgan fingerprint density at radius 3 is 2.87 bits per heavy atom. The van der Waals surface area contributed by atoms with E-state index in [1.165, 1.54) is 5.56 Å². The molecule has 4 rings (SSSR count). The molecule has 0 atom stereocenters. The Balaban J connectivity index is 1.58. The molecule has 2 aromatic heterocycles. The van der Waals surface area contributed by atoms with E-state index in [9.17, 15) is 8.42 Å². The molecule has 0 fully saturated rings. The van der Waals surface area contributed by atoms with Crippen molar-refractivity contribution in [2.75, 3.05) is 0 Å². The summed E-state index contributed by atoms with van der Waals surface area (Å²) in [6, 6.07) is 10.9. The number of aromatic nitrogens is 3. The first-order chi connectivity index (χ1) is 11.1. The van der Waals surface area contributed by atoms with Crippen LogP contribution < -0.4 is 4.72 Å². The third kappa shape index (κ3) is 2.62. The van der Waals surface area contributed by atoms with E-state index in [4.69, 9.17) is 0 Å². The van der Waals surface area contributed by atoms with Crippen molar-refractivity contribution in [1.82, 2.24) is 19.3 Å². The first kappa shape index (κ1) is 14.3. The number of sulfonamides is 1. The molecule has 1 aromatic carbocycles. The van der Waals surface area contributed by atoms with E-state index in [-0.39, 0.29) is 6.54 Å². The molecule has 0 aliphatic heterocycles. The summed E-state index contributed by atoms with van der Waals surface area (Å²) in [5.41, 5.74) is 3.09. The second kappa shape index (κ2) is 5.43. The Morgan fingerprint density at radius 2 is 1.96 bits per heavy atom. The van der Waals surface area contributed by atoms with Crippen molar-refractivity contribution in [3.05, 3.63) is 59.5 Å². The van der Waals surface area contributed by atoms with Gasteiger partial charge in [0.2, 0.25) is 10.0 Å². The number of hydrogen-bond acceptors (Lipinski definition) is 4. The lowest BCUT2D eigenvalue weighted by atomic mass is 10.1. The van der Waals surface area contributed by atoms with Gasteiger partial charge in [0, 0.05) is 6.20 Å². The van der Waals surface area contributed by atoms with Gasteiger partial charge in [-0.3, -0.25) is 4.40 Å². The maximum Gasteiger partial charge on any atom is 0.240 e. The van der Waals surface area contributed by atoms with E-state index in [2.05, 4.69) is 14.9 Å². The molecule has 0 bridgehead atoms. The summed E-state index contributed by atoms with van der Waals surface area (Å²) in [4.78, 5) is 0.312. The molecule has 3 aromatic rings. The van der Waals surface area contributed by atoms with E-state index in [1.54, 1.807) is 16.5 Å². The molecule has 0 radical (unpaired) electrons.